The first-order chi connectivity index (χ1) is 29.4. The number of nitrogen functional groups attached to an aromatic ring is 2. The molecule has 2 aliphatic rings. The van der Waals surface area contributed by atoms with Gasteiger partial charge in [-0.25, -0.2) is 8.78 Å². The molecule has 316 valence electrons. The third-order valence-corrected chi connectivity index (χ3v) is 10.3. The number of aromatic amines is 1. The van der Waals surface area contributed by atoms with Gasteiger partial charge in [0.1, 0.15) is 24.1 Å². The molecular weight excluding hydrogens is 822 g/mol. The molecule has 2 aliphatic heterocycles. The lowest BCUT2D eigenvalue weighted by Crippen LogP contribution is -2.28. The molecule has 8 heterocycles. The number of aromatic nitrogens is 12. The van der Waals surface area contributed by atoms with Crippen LogP contribution in [0.4, 0.5) is 20.7 Å². The minimum absolute atomic E-state index is 0.000749. The first kappa shape index (κ1) is 40.9. The van der Waals surface area contributed by atoms with E-state index in [0.717, 1.165) is 23.1 Å². The molecule has 61 heavy (non-hydrogen) atoms. The highest BCUT2D eigenvalue weighted by Crippen LogP contribution is 2.38. The molecular formula is C38H37ClF2N14O6. The second kappa shape index (κ2) is 17.4. The Morgan fingerprint density at radius 2 is 1.26 bits per heavy atom. The largest absolute Gasteiger partial charge is 0.373 e. The highest BCUT2D eigenvalue weighted by atomic mass is 35.5. The number of hydrogen-bond acceptors (Lipinski definition) is 16. The summed E-state index contributed by atoms with van der Waals surface area (Å²) in [6.45, 7) is 4.51. The molecule has 0 unspecified atom stereocenters. The summed E-state index contributed by atoms with van der Waals surface area (Å²) >= 11 is 5.62. The van der Waals surface area contributed by atoms with Gasteiger partial charge < -0.3 is 30.0 Å². The Labute approximate surface area is 347 Å². The predicted molar refractivity (Wildman–Crippen MR) is 211 cm³/mol. The molecule has 0 amide bonds. The maximum Gasteiger partial charge on any atom is 0.281 e. The monoisotopic (exact) mass is 858 g/mol. The Bertz CT molecular complexity index is 2910. The summed E-state index contributed by atoms with van der Waals surface area (Å²) in [5.41, 5.74) is 14.7. The Hall–Kier alpha value is -6.91. The highest BCUT2D eigenvalue weighted by Gasteiger charge is 2.32. The number of fused-ring (bicyclic) bond motifs is 2. The summed E-state index contributed by atoms with van der Waals surface area (Å²) in [6.07, 6.45) is 4.31. The van der Waals surface area contributed by atoms with Crippen molar-refractivity contribution in [2.75, 3.05) is 24.7 Å². The fourth-order valence-corrected chi connectivity index (χ4v) is 7.01. The van der Waals surface area contributed by atoms with Crippen molar-refractivity contribution in [3.63, 3.8) is 0 Å². The fraction of sp³-hybridized carbons (Fsp3) is 0.316. The van der Waals surface area contributed by atoms with Gasteiger partial charge in [-0.3, -0.25) is 19.1 Å². The Kier molecular flexibility index (Phi) is 11.6. The van der Waals surface area contributed by atoms with E-state index in [0.29, 0.717) is 53.8 Å². The van der Waals surface area contributed by atoms with Crippen molar-refractivity contribution in [3.8, 4) is 0 Å². The van der Waals surface area contributed by atoms with Crippen LogP contribution in [0.25, 0.3) is 11.0 Å². The van der Waals surface area contributed by atoms with Crippen LogP contribution < -0.4 is 22.6 Å². The summed E-state index contributed by atoms with van der Waals surface area (Å²) in [4.78, 5) is 35.0. The van der Waals surface area contributed by atoms with E-state index in [1.165, 1.54) is 38.1 Å². The summed E-state index contributed by atoms with van der Waals surface area (Å²) in [5.74, 6) is 1.55. The number of halogens is 3. The molecule has 0 aliphatic carbocycles. The van der Waals surface area contributed by atoms with Crippen LogP contribution in [0.2, 0.25) is 0 Å². The van der Waals surface area contributed by atoms with Crippen molar-refractivity contribution >= 4 is 34.5 Å². The third-order valence-electron chi connectivity index (χ3n) is 10.0. The first-order valence-electron chi connectivity index (χ1n) is 18.8. The van der Waals surface area contributed by atoms with Crippen molar-refractivity contribution in [2.24, 2.45) is 0 Å². The van der Waals surface area contributed by atoms with E-state index in [4.69, 9.17) is 41.6 Å². The van der Waals surface area contributed by atoms with Gasteiger partial charge in [0.2, 0.25) is 23.7 Å². The van der Waals surface area contributed by atoms with Crippen LogP contribution in [-0.4, -0.2) is 72.7 Å². The van der Waals surface area contributed by atoms with E-state index in [-0.39, 0.29) is 77.0 Å². The van der Waals surface area contributed by atoms with Gasteiger partial charge >= 0.3 is 0 Å². The molecule has 4 atom stereocenters. The maximum atomic E-state index is 13.1. The van der Waals surface area contributed by atoms with Crippen LogP contribution in [0.1, 0.15) is 82.6 Å². The number of nitrogens with one attached hydrogen (secondary N) is 1. The molecule has 0 radical (unpaired) electrons. The zero-order chi connectivity index (χ0) is 42.8. The average Bonchev–Trinajstić information content (AvgIpc) is 4.11. The van der Waals surface area contributed by atoms with E-state index in [9.17, 15) is 18.4 Å². The number of alkyl halides is 1. The van der Waals surface area contributed by atoms with Crippen molar-refractivity contribution in [2.45, 2.75) is 63.2 Å². The lowest BCUT2D eigenvalue weighted by Gasteiger charge is -2.08. The van der Waals surface area contributed by atoms with E-state index >= 15 is 0 Å². The topological polar surface area (TPSA) is 264 Å². The number of hydrogen-bond donors (Lipinski definition) is 3. The van der Waals surface area contributed by atoms with Crippen LogP contribution in [0.5, 0.6) is 0 Å². The normalized spacial score (nSPS) is 18.6. The minimum atomic E-state index is -0.335. The van der Waals surface area contributed by atoms with Gasteiger partial charge in [-0.15, -0.1) is 31.1 Å². The van der Waals surface area contributed by atoms with Gasteiger partial charge in [0.15, 0.2) is 22.7 Å². The smallest absolute Gasteiger partial charge is 0.281 e. The summed E-state index contributed by atoms with van der Waals surface area (Å²) in [7, 11) is 0. The zero-order valence-corrected chi connectivity index (χ0v) is 33.2. The standard InChI is InChI=1S/C19H18FN7O3.C13H12ClFN2O2.C6H7N5O/c1-10-7-22-27-16(10)18(28)26(19(21)24-27)8-15-23-17(25-30-15)12-6-14(29-9-12)11-2-4-13(20)5-3-11;14-6-12-16-13(17-19-12)9-5-11(18-7-9)8-1-3-10(15)4-2-8;1-3-2-8-11-4(3)5(12)9-6(7)10-11/h2-5,7,12,14H,6,8-9H2,1H3,(H2,21,24);1-4,9,11H,5-7H2;2H,1H3,(H3,7,9,10,12)/t12-,14+;9-,11+;/m00./s1. The van der Waals surface area contributed by atoms with Crippen molar-refractivity contribution in [3.05, 3.63) is 139 Å². The molecule has 2 saturated heterocycles. The van der Waals surface area contributed by atoms with Crippen LogP contribution in [0.15, 0.2) is 79.6 Å². The molecule has 6 aromatic heterocycles. The van der Waals surface area contributed by atoms with Crippen LogP contribution in [0.3, 0.4) is 0 Å². The number of anilines is 2. The predicted octanol–water partition coefficient (Wildman–Crippen LogP) is 4.10. The number of aryl methyl sites for hydroxylation is 2. The van der Waals surface area contributed by atoms with Crippen molar-refractivity contribution in [1.29, 1.82) is 0 Å². The van der Waals surface area contributed by atoms with Crippen molar-refractivity contribution < 1.29 is 27.3 Å². The van der Waals surface area contributed by atoms with Crippen molar-refractivity contribution in [1.82, 2.24) is 59.5 Å². The summed E-state index contributed by atoms with van der Waals surface area (Å²) < 4.78 is 51.6. The fourth-order valence-electron chi connectivity index (χ4n) is 6.90. The number of ether oxygens (including phenoxy) is 2. The van der Waals surface area contributed by atoms with Gasteiger partial charge in [-0.05, 0) is 62.1 Å². The second-order valence-corrected chi connectivity index (χ2v) is 14.5. The number of nitrogens with two attached hydrogens (primary N) is 2. The van der Waals surface area contributed by atoms with E-state index in [1.54, 1.807) is 50.5 Å². The molecule has 0 bridgehead atoms. The van der Waals surface area contributed by atoms with Crippen LogP contribution in [-0.2, 0) is 21.9 Å². The van der Waals surface area contributed by atoms with E-state index < -0.39 is 0 Å². The minimum Gasteiger partial charge on any atom is -0.373 e. The number of benzene rings is 2. The Balaban J connectivity index is 0.000000141. The summed E-state index contributed by atoms with van der Waals surface area (Å²) in [6, 6.07) is 12.6. The van der Waals surface area contributed by atoms with Gasteiger partial charge in [0.05, 0.1) is 37.8 Å². The molecule has 20 nitrogen and oxygen atoms in total. The lowest BCUT2D eigenvalue weighted by molar-refractivity contribution is 0.110. The number of rotatable bonds is 7. The SMILES string of the molecule is Cc1cnn2nc(N)[nH]c(=O)c12.Cc1cnn2nc(N)n(Cc3nc([C@@H]4CO[C@@H](c5ccc(F)cc5)C4)no3)c(=O)c12.Fc1ccc([C@H]2C[C@H](c3noc(CCl)n3)CO2)cc1. The third kappa shape index (κ3) is 8.86. The number of H-pyrrole nitrogens is 1. The van der Waals surface area contributed by atoms with Gasteiger partial charge in [-0.1, -0.05) is 34.6 Å². The molecule has 0 saturated carbocycles. The van der Waals surface area contributed by atoms with E-state index in [1.807, 2.05) is 0 Å². The van der Waals surface area contributed by atoms with Gasteiger partial charge in [-0.2, -0.15) is 20.2 Å². The Morgan fingerprint density at radius 3 is 1.80 bits per heavy atom. The van der Waals surface area contributed by atoms with Crippen LogP contribution in [0, 0.1) is 25.5 Å². The second-order valence-electron chi connectivity index (χ2n) is 14.3. The van der Waals surface area contributed by atoms with Crippen LogP contribution >= 0.6 is 11.6 Å². The first-order valence-corrected chi connectivity index (χ1v) is 19.3. The Morgan fingerprint density at radius 1 is 0.754 bits per heavy atom. The zero-order valence-electron chi connectivity index (χ0n) is 32.5. The molecule has 10 rings (SSSR count). The molecule has 2 aromatic carbocycles. The molecule has 0 spiro atoms. The van der Waals surface area contributed by atoms with Gasteiger partial charge in [0.25, 0.3) is 11.1 Å². The average molecular weight is 859 g/mol. The quantitative estimate of drug-likeness (QED) is 0.191. The summed E-state index contributed by atoms with van der Waals surface area (Å²) in [5, 5.41) is 23.7. The molecule has 8 aromatic rings. The highest BCUT2D eigenvalue weighted by molar-refractivity contribution is 6.16. The molecule has 23 heteroatoms. The maximum absolute atomic E-state index is 13.1. The number of nitrogens with zero attached hydrogens (tertiary/aromatic N) is 11. The molecule has 2 fully saturated rings. The lowest BCUT2D eigenvalue weighted by atomic mass is 10.00. The van der Waals surface area contributed by atoms with Gasteiger partial charge in [0, 0.05) is 23.0 Å². The molecule has 5 N–H and O–H groups in total. The van der Waals surface area contributed by atoms with E-state index in [2.05, 4.69) is 45.7 Å².